The van der Waals surface area contributed by atoms with Crippen LogP contribution in [0.3, 0.4) is 0 Å². The molecule has 16 rings (SSSR count). The molecule has 0 aromatic heterocycles. The zero-order valence-corrected chi connectivity index (χ0v) is 89.3. The van der Waals surface area contributed by atoms with Gasteiger partial charge in [-0.25, -0.2) is 0 Å². The van der Waals surface area contributed by atoms with Crippen molar-refractivity contribution in [1.82, 2.24) is 0 Å². The van der Waals surface area contributed by atoms with E-state index in [0.29, 0.717) is 0 Å². The molecular formula is C132H176. The standard InChI is InChI=1S/4C25H20.16C2H6/c2*1-19-16-24(21-10-6-3-7-11-21)18-25(17-19)23-14-12-22(13-15-23)20-8-4-2-5-9-20;1-19-12-13-24(18-25(19)23-10-6-3-7-11-23)22-16-14-21(15-17-22)20-8-4-2-5-9-20;1-19-7-9-21(10-8-19)23-15-17-25(18-16-23)24-13-11-22(12-14-24)20-5-3-2-4-6-20;16*1-2/h4*2-18H,1H3;16*1-2H3. The van der Waals surface area contributed by atoms with Gasteiger partial charge in [-0.15, -0.1) is 0 Å². The molecule has 0 nitrogen and oxygen atoms in total. The van der Waals surface area contributed by atoms with Crippen molar-refractivity contribution in [3.05, 3.63) is 435 Å². The summed E-state index contributed by atoms with van der Waals surface area (Å²) in [6, 6.07) is 147. The van der Waals surface area contributed by atoms with Crippen LogP contribution in [0.2, 0.25) is 0 Å². The van der Waals surface area contributed by atoms with Crippen LogP contribution < -0.4 is 0 Å². The van der Waals surface area contributed by atoms with Crippen molar-refractivity contribution < 1.29 is 0 Å². The Morgan fingerprint density at radius 1 is 0.0909 bits per heavy atom. The van der Waals surface area contributed by atoms with Gasteiger partial charge in [-0.1, -0.05) is 621 Å². The number of benzene rings is 16. The average Bonchev–Trinajstić information content (AvgIpc) is 0.824. The number of hydrogen-bond donors (Lipinski definition) is 0. The lowest BCUT2D eigenvalue weighted by molar-refractivity contribution is 1.45. The van der Waals surface area contributed by atoms with E-state index in [1.165, 1.54) is 156 Å². The Morgan fingerprint density at radius 2 is 0.220 bits per heavy atom. The lowest BCUT2D eigenvalue weighted by atomic mass is 9.94. The fraction of sp³-hybridized carbons (Fsp3) is 0.273. The fourth-order valence-corrected chi connectivity index (χ4v) is 12.8. The maximum absolute atomic E-state index is 2.29. The zero-order chi connectivity index (χ0) is 100. The summed E-state index contributed by atoms with van der Waals surface area (Å²) in [7, 11) is 0. The van der Waals surface area contributed by atoms with Crippen LogP contribution in [0.5, 0.6) is 0 Å². The molecule has 0 aliphatic heterocycles. The highest BCUT2D eigenvalue weighted by Gasteiger charge is 2.10. The first-order valence-electron chi connectivity index (χ1n) is 50.5. The summed E-state index contributed by atoms with van der Waals surface area (Å²) in [4.78, 5) is 0. The van der Waals surface area contributed by atoms with Gasteiger partial charge in [0, 0.05) is 0 Å². The van der Waals surface area contributed by atoms with Gasteiger partial charge in [0.05, 0.1) is 0 Å². The van der Waals surface area contributed by atoms with E-state index in [1.807, 2.05) is 228 Å². The molecule has 132 heavy (non-hydrogen) atoms. The van der Waals surface area contributed by atoms with Crippen LogP contribution in [0.15, 0.2) is 413 Å². The van der Waals surface area contributed by atoms with Gasteiger partial charge in [-0.05, 0) is 196 Å². The van der Waals surface area contributed by atoms with Crippen molar-refractivity contribution in [2.24, 2.45) is 0 Å². The highest BCUT2D eigenvalue weighted by Crippen LogP contribution is 2.35. The van der Waals surface area contributed by atoms with Gasteiger partial charge < -0.3 is 0 Å². The molecule has 0 radical (unpaired) electrons. The summed E-state index contributed by atoms with van der Waals surface area (Å²) in [6.07, 6.45) is 0. The minimum Gasteiger partial charge on any atom is -0.0683 e. The summed E-state index contributed by atoms with van der Waals surface area (Å²) in [5.41, 5.74) is 35.3. The normalized spacial score (nSPS) is 8.76. The molecule has 704 valence electrons. The molecule has 0 aliphatic rings. The molecule has 0 unspecified atom stereocenters. The van der Waals surface area contributed by atoms with Crippen LogP contribution in [-0.4, -0.2) is 0 Å². The number of hydrogen-bond acceptors (Lipinski definition) is 0. The largest absolute Gasteiger partial charge is 0.0683 e. The molecular weight excluding hydrogens is 1590 g/mol. The second-order valence-electron chi connectivity index (χ2n) is 25.5. The summed E-state index contributed by atoms with van der Waals surface area (Å²) in [5.74, 6) is 0. The van der Waals surface area contributed by atoms with Crippen molar-refractivity contribution in [2.75, 3.05) is 0 Å². The first-order chi connectivity index (χ1) is 65.2. The van der Waals surface area contributed by atoms with Gasteiger partial charge in [-0.2, -0.15) is 0 Å². The van der Waals surface area contributed by atoms with E-state index in [9.17, 15) is 0 Å². The van der Waals surface area contributed by atoms with E-state index in [1.54, 1.807) is 0 Å². The Bertz CT molecular complexity index is 5020. The minimum absolute atomic E-state index is 1.25. The minimum atomic E-state index is 1.25. The van der Waals surface area contributed by atoms with Crippen LogP contribution in [0, 0.1) is 27.7 Å². The maximum Gasteiger partial charge on any atom is -0.0149 e. The molecule has 16 aromatic rings. The summed E-state index contributed by atoms with van der Waals surface area (Å²) < 4.78 is 0. The smallest absolute Gasteiger partial charge is 0.0149 e. The molecule has 0 saturated heterocycles. The Kier molecular flexibility index (Phi) is 80.1. The van der Waals surface area contributed by atoms with E-state index in [-0.39, 0.29) is 0 Å². The highest BCUT2D eigenvalue weighted by molar-refractivity contribution is 5.81. The average molecular weight is 1760 g/mol. The molecule has 0 heterocycles. The second kappa shape index (κ2) is 84.1. The van der Waals surface area contributed by atoms with Crippen molar-refractivity contribution in [1.29, 1.82) is 0 Å². The lowest BCUT2D eigenvalue weighted by Gasteiger charge is -2.10. The highest BCUT2D eigenvalue weighted by atomic mass is 14.2. The summed E-state index contributed by atoms with van der Waals surface area (Å²) in [5, 5.41) is 0. The Hall–Kier alpha value is -12.5. The SMILES string of the molecule is CC.CC.CC.CC.CC.CC.CC.CC.CC.CC.CC.CC.CC.CC.CC.CC.Cc1cc(-c2ccccc2)cc(-c2ccc(-c3ccccc3)cc2)c1.Cc1cc(-c2ccccc2)cc(-c2ccc(-c3ccccc3)cc2)c1.Cc1ccc(-c2ccc(-c3ccc(-c4ccccc4)cc3)cc2)cc1.Cc1ccc(-c2ccc(-c3ccccc3)cc2)cc1-c1ccccc1. The predicted molar refractivity (Wildman–Crippen MR) is 612 cm³/mol. The Morgan fingerprint density at radius 3 is 0.402 bits per heavy atom. The molecule has 0 heteroatoms. The van der Waals surface area contributed by atoms with Crippen LogP contribution in [0.4, 0.5) is 0 Å². The lowest BCUT2D eigenvalue weighted by Crippen LogP contribution is -1.86. The van der Waals surface area contributed by atoms with Crippen molar-refractivity contribution >= 4 is 0 Å². The first kappa shape index (κ1) is 126. The first-order valence-corrected chi connectivity index (χ1v) is 50.5. The van der Waals surface area contributed by atoms with Crippen LogP contribution in [0.25, 0.3) is 134 Å². The predicted octanol–water partition coefficient (Wildman–Crippen LogP) is 44.4. The van der Waals surface area contributed by atoms with E-state index in [0.717, 1.165) is 0 Å². The molecule has 0 bridgehead atoms. The molecule has 16 aromatic carbocycles. The van der Waals surface area contributed by atoms with E-state index in [4.69, 9.17) is 0 Å². The van der Waals surface area contributed by atoms with Gasteiger partial charge in [0.2, 0.25) is 0 Å². The topological polar surface area (TPSA) is 0 Å². The molecule has 0 saturated carbocycles. The number of rotatable bonds is 12. The van der Waals surface area contributed by atoms with Crippen LogP contribution >= 0.6 is 0 Å². The van der Waals surface area contributed by atoms with Gasteiger partial charge in [0.1, 0.15) is 0 Å². The van der Waals surface area contributed by atoms with Gasteiger partial charge in [0.25, 0.3) is 0 Å². The van der Waals surface area contributed by atoms with Gasteiger partial charge in [-0.3, -0.25) is 0 Å². The van der Waals surface area contributed by atoms with Gasteiger partial charge in [0.15, 0.2) is 0 Å². The van der Waals surface area contributed by atoms with Crippen molar-refractivity contribution in [3.63, 3.8) is 0 Å². The Labute approximate surface area is 812 Å². The van der Waals surface area contributed by atoms with E-state index < -0.39 is 0 Å². The van der Waals surface area contributed by atoms with Crippen molar-refractivity contribution in [2.45, 2.75) is 249 Å². The third-order valence-electron chi connectivity index (χ3n) is 18.3. The molecule has 0 N–H and O–H groups in total. The monoisotopic (exact) mass is 1760 g/mol. The van der Waals surface area contributed by atoms with E-state index in [2.05, 4.69) is 434 Å². The Balaban J connectivity index is -0.000000749. The molecule has 0 atom stereocenters. The summed E-state index contributed by atoms with van der Waals surface area (Å²) in [6.45, 7) is 72.6. The number of aryl methyl sites for hydroxylation is 4. The molecule has 0 aliphatic carbocycles. The van der Waals surface area contributed by atoms with E-state index >= 15 is 0 Å². The van der Waals surface area contributed by atoms with Crippen LogP contribution in [-0.2, 0) is 0 Å². The van der Waals surface area contributed by atoms with Gasteiger partial charge >= 0.3 is 0 Å². The maximum atomic E-state index is 2.29. The molecule has 0 amide bonds. The summed E-state index contributed by atoms with van der Waals surface area (Å²) >= 11 is 0. The quantitative estimate of drug-likeness (QED) is 0.114. The fourth-order valence-electron chi connectivity index (χ4n) is 12.8. The van der Waals surface area contributed by atoms with Crippen LogP contribution in [0.1, 0.15) is 244 Å². The molecule has 0 fully saturated rings. The van der Waals surface area contributed by atoms with Crippen molar-refractivity contribution in [3.8, 4) is 134 Å². The third kappa shape index (κ3) is 44.9. The third-order valence-corrected chi connectivity index (χ3v) is 18.3. The second-order valence-corrected chi connectivity index (χ2v) is 25.5. The zero-order valence-electron chi connectivity index (χ0n) is 89.3. The molecule has 0 spiro atoms.